The van der Waals surface area contributed by atoms with Gasteiger partial charge in [-0.3, -0.25) is 4.79 Å². The molecule has 4 N–H and O–H groups in total. The van der Waals surface area contributed by atoms with Gasteiger partial charge in [-0.25, -0.2) is 4.98 Å². The van der Waals surface area contributed by atoms with Crippen molar-refractivity contribution >= 4 is 11.7 Å². The number of H-pyrrole nitrogens is 1. The molecule has 7 nitrogen and oxygen atoms in total. The van der Waals surface area contributed by atoms with Crippen LogP contribution >= 0.6 is 0 Å². The fraction of sp³-hybridized carbons (Fsp3) is 0.545. The van der Waals surface area contributed by atoms with E-state index in [1.165, 1.54) is 12.4 Å². The lowest BCUT2D eigenvalue weighted by molar-refractivity contribution is 0.317. The first kappa shape index (κ1) is 14.0. The Morgan fingerprint density at radius 3 is 2.94 bits per heavy atom. The lowest BCUT2D eigenvalue weighted by Gasteiger charge is -2.24. The molecule has 0 radical (unpaired) electrons. The monoisotopic (exact) mass is 253 g/mol. The molecule has 18 heavy (non-hydrogen) atoms. The van der Waals surface area contributed by atoms with Crippen molar-refractivity contribution < 1.29 is 5.21 Å². The minimum Gasteiger partial charge on any atom is -0.409 e. The fourth-order valence-corrected chi connectivity index (χ4v) is 1.59. The number of oxime groups is 1. The number of rotatable bonds is 6. The highest BCUT2D eigenvalue weighted by Gasteiger charge is 2.13. The molecule has 0 aliphatic heterocycles. The second kappa shape index (κ2) is 6.63. The molecule has 0 saturated heterocycles. The Morgan fingerprint density at radius 2 is 2.39 bits per heavy atom. The fourth-order valence-electron chi connectivity index (χ4n) is 1.59. The molecule has 1 aromatic heterocycles. The van der Waals surface area contributed by atoms with Gasteiger partial charge in [-0.2, -0.15) is 0 Å². The van der Waals surface area contributed by atoms with Crippen LogP contribution in [0.3, 0.4) is 0 Å². The van der Waals surface area contributed by atoms with E-state index in [-0.39, 0.29) is 11.4 Å². The minimum absolute atomic E-state index is 0.135. The molecular formula is C11H19N5O2. The summed E-state index contributed by atoms with van der Waals surface area (Å²) in [4.78, 5) is 20.2. The Balaban J connectivity index is 2.85. The molecular weight excluding hydrogens is 234 g/mol. The molecule has 100 valence electrons. The molecule has 0 atom stereocenters. The van der Waals surface area contributed by atoms with E-state index in [9.17, 15) is 4.79 Å². The second-order valence-corrected chi connectivity index (χ2v) is 4.42. The van der Waals surface area contributed by atoms with E-state index in [4.69, 9.17) is 10.9 Å². The van der Waals surface area contributed by atoms with E-state index in [0.29, 0.717) is 31.2 Å². The number of aromatic nitrogens is 2. The zero-order chi connectivity index (χ0) is 13.5. The van der Waals surface area contributed by atoms with Gasteiger partial charge in [-0.15, -0.1) is 0 Å². The maximum absolute atomic E-state index is 11.7. The molecule has 0 bridgehead atoms. The van der Waals surface area contributed by atoms with Crippen molar-refractivity contribution in [3.63, 3.8) is 0 Å². The van der Waals surface area contributed by atoms with Gasteiger partial charge < -0.3 is 20.8 Å². The van der Waals surface area contributed by atoms with Crippen molar-refractivity contribution in [3.8, 4) is 0 Å². The molecule has 0 saturated carbocycles. The van der Waals surface area contributed by atoms with Crippen molar-refractivity contribution in [1.29, 1.82) is 0 Å². The van der Waals surface area contributed by atoms with Gasteiger partial charge in [0.1, 0.15) is 5.84 Å². The van der Waals surface area contributed by atoms with Gasteiger partial charge in [0.05, 0.1) is 0 Å². The third kappa shape index (κ3) is 4.08. The van der Waals surface area contributed by atoms with Gasteiger partial charge in [0.15, 0.2) is 5.82 Å². The predicted octanol–water partition coefficient (Wildman–Crippen LogP) is 0.369. The van der Waals surface area contributed by atoms with Crippen molar-refractivity contribution in [2.75, 3.05) is 18.0 Å². The van der Waals surface area contributed by atoms with E-state index in [1.54, 1.807) is 0 Å². The maximum atomic E-state index is 11.7. The summed E-state index contributed by atoms with van der Waals surface area (Å²) in [7, 11) is 0. The lowest BCUT2D eigenvalue weighted by atomic mass is 10.2. The minimum atomic E-state index is -0.238. The smallest absolute Gasteiger partial charge is 0.290 e. The molecule has 0 aromatic carbocycles. The number of nitrogens with two attached hydrogens (primary N) is 1. The number of hydrogen-bond acceptors (Lipinski definition) is 5. The van der Waals surface area contributed by atoms with Gasteiger partial charge in [0.25, 0.3) is 5.56 Å². The van der Waals surface area contributed by atoms with Crippen LogP contribution < -0.4 is 16.2 Å². The number of amidine groups is 1. The van der Waals surface area contributed by atoms with Crippen LogP contribution in [0.1, 0.15) is 20.3 Å². The summed E-state index contributed by atoms with van der Waals surface area (Å²) < 4.78 is 0. The van der Waals surface area contributed by atoms with Crippen molar-refractivity contribution in [3.05, 3.63) is 22.7 Å². The first-order valence-electron chi connectivity index (χ1n) is 5.79. The molecule has 0 amide bonds. The molecule has 1 rings (SSSR count). The van der Waals surface area contributed by atoms with Gasteiger partial charge in [-0.1, -0.05) is 19.0 Å². The van der Waals surface area contributed by atoms with Gasteiger partial charge in [-0.05, 0) is 5.92 Å². The van der Waals surface area contributed by atoms with Crippen LogP contribution in [0.5, 0.6) is 0 Å². The number of hydrogen-bond donors (Lipinski definition) is 3. The van der Waals surface area contributed by atoms with E-state index >= 15 is 0 Å². The summed E-state index contributed by atoms with van der Waals surface area (Å²) >= 11 is 0. The summed E-state index contributed by atoms with van der Waals surface area (Å²) in [6, 6.07) is 0. The van der Waals surface area contributed by atoms with Crippen molar-refractivity contribution in [2.24, 2.45) is 16.8 Å². The SMILES string of the molecule is CC(C)CN(CC/C(N)=N/O)c1ncc[nH]c1=O. The van der Waals surface area contributed by atoms with Crippen LogP contribution in [0.2, 0.25) is 0 Å². The average molecular weight is 253 g/mol. The molecule has 0 spiro atoms. The summed E-state index contributed by atoms with van der Waals surface area (Å²) in [5, 5.41) is 11.4. The topological polar surface area (TPSA) is 108 Å². The summed E-state index contributed by atoms with van der Waals surface area (Å²) in [6.45, 7) is 5.26. The Morgan fingerprint density at radius 1 is 1.67 bits per heavy atom. The van der Waals surface area contributed by atoms with Crippen molar-refractivity contribution in [2.45, 2.75) is 20.3 Å². The Labute approximate surface area is 105 Å². The lowest BCUT2D eigenvalue weighted by Crippen LogP contribution is -2.35. The van der Waals surface area contributed by atoms with Crippen LogP contribution in [0.4, 0.5) is 5.82 Å². The molecule has 0 aliphatic rings. The molecule has 1 heterocycles. The van der Waals surface area contributed by atoms with Crippen LogP contribution in [-0.2, 0) is 0 Å². The van der Waals surface area contributed by atoms with E-state index < -0.39 is 0 Å². The molecule has 1 aromatic rings. The Hall–Kier alpha value is -2.05. The van der Waals surface area contributed by atoms with E-state index in [2.05, 4.69) is 15.1 Å². The van der Waals surface area contributed by atoms with Crippen LogP contribution in [0.15, 0.2) is 22.3 Å². The number of nitrogens with one attached hydrogen (secondary N) is 1. The van der Waals surface area contributed by atoms with Crippen LogP contribution in [0.25, 0.3) is 0 Å². The zero-order valence-corrected chi connectivity index (χ0v) is 10.6. The Kier molecular flexibility index (Phi) is 5.16. The van der Waals surface area contributed by atoms with Crippen molar-refractivity contribution in [1.82, 2.24) is 9.97 Å². The summed E-state index contributed by atoms with van der Waals surface area (Å²) in [6.07, 6.45) is 3.40. The third-order valence-electron chi connectivity index (χ3n) is 2.34. The number of aromatic amines is 1. The number of anilines is 1. The molecule has 0 fully saturated rings. The quantitative estimate of drug-likeness (QED) is 0.294. The summed E-state index contributed by atoms with van der Waals surface area (Å²) in [5.41, 5.74) is 5.20. The van der Waals surface area contributed by atoms with Crippen LogP contribution in [-0.4, -0.2) is 34.1 Å². The Bertz CT molecular complexity index is 455. The molecule has 0 aliphatic carbocycles. The highest BCUT2D eigenvalue weighted by molar-refractivity contribution is 5.80. The summed E-state index contributed by atoms with van der Waals surface area (Å²) in [5.74, 6) is 0.867. The van der Waals surface area contributed by atoms with E-state index in [0.717, 1.165) is 0 Å². The van der Waals surface area contributed by atoms with Gasteiger partial charge in [0.2, 0.25) is 0 Å². The van der Waals surface area contributed by atoms with Crippen LogP contribution in [0, 0.1) is 5.92 Å². The molecule has 0 unspecified atom stereocenters. The van der Waals surface area contributed by atoms with Gasteiger partial charge >= 0.3 is 0 Å². The predicted molar refractivity (Wildman–Crippen MR) is 69.9 cm³/mol. The molecule has 7 heteroatoms. The zero-order valence-electron chi connectivity index (χ0n) is 10.6. The highest BCUT2D eigenvalue weighted by Crippen LogP contribution is 2.07. The standard InChI is InChI=1S/C11H19N5O2/c1-8(2)7-16(6-3-9(12)15-18)10-11(17)14-5-4-13-10/h4-5,8,18H,3,6-7H2,1-2H3,(H2,12,15)(H,14,17). The third-order valence-corrected chi connectivity index (χ3v) is 2.34. The largest absolute Gasteiger partial charge is 0.409 e. The van der Waals surface area contributed by atoms with E-state index in [1.807, 2.05) is 18.7 Å². The normalized spacial score (nSPS) is 11.8. The highest BCUT2D eigenvalue weighted by atomic mass is 16.4. The van der Waals surface area contributed by atoms with Gasteiger partial charge in [0, 0.05) is 31.9 Å². The average Bonchev–Trinajstić information content (AvgIpc) is 2.34. The first-order chi connectivity index (χ1) is 8.54. The second-order valence-electron chi connectivity index (χ2n) is 4.42. The first-order valence-corrected chi connectivity index (χ1v) is 5.79. The maximum Gasteiger partial charge on any atom is 0.290 e. The number of nitrogens with zero attached hydrogens (tertiary/aromatic N) is 3.